The van der Waals surface area contributed by atoms with Gasteiger partial charge >= 0.3 is 19.0 Å². The van der Waals surface area contributed by atoms with Gasteiger partial charge in [0.05, 0.1) is 30.1 Å². The highest BCUT2D eigenvalue weighted by Crippen LogP contribution is 2.37. The normalized spacial score (nSPS) is 16.1. The average Bonchev–Trinajstić information content (AvgIpc) is 2.48. The molecule has 85 heavy (non-hydrogen) atoms. The van der Waals surface area contributed by atoms with Crippen LogP contribution in [0.25, 0.3) is 20.7 Å². The molecule has 4 aliphatic heterocycles. The number of carbonyl (C=O) groups is 1. The third kappa shape index (κ3) is 19.5. The Labute approximate surface area is 502 Å². The number of halogens is 3. The molecule has 0 radical (unpaired) electrons. The molecule has 5 N–H and O–H groups in total. The van der Waals surface area contributed by atoms with E-state index in [0.29, 0.717) is 90.9 Å². The van der Waals surface area contributed by atoms with E-state index in [1.807, 2.05) is 55.4 Å². The van der Waals surface area contributed by atoms with Crippen LogP contribution in [0.1, 0.15) is 112 Å². The van der Waals surface area contributed by atoms with Crippen LogP contribution in [-0.4, -0.2) is 128 Å². The number of aryl methyl sites for hydroxylation is 1. The summed E-state index contributed by atoms with van der Waals surface area (Å²) in [6.45, 7) is 37.4. The molecule has 458 valence electrons. The number of aromatic nitrogens is 2. The summed E-state index contributed by atoms with van der Waals surface area (Å²) in [4.78, 5) is 37.9. The fourth-order valence-corrected chi connectivity index (χ4v) is 9.85. The summed E-state index contributed by atoms with van der Waals surface area (Å²) in [7, 11) is 2.96. The fourth-order valence-electron chi connectivity index (χ4n) is 8.87. The predicted molar refractivity (Wildman–Crippen MR) is 330 cm³/mol. The lowest BCUT2D eigenvalue weighted by molar-refractivity contribution is 0.00578. The number of morpholine rings is 1. The van der Waals surface area contributed by atoms with Crippen molar-refractivity contribution >= 4 is 64.4 Å². The van der Waals surface area contributed by atoms with Crippen LogP contribution >= 0.6 is 11.8 Å². The highest BCUT2D eigenvalue weighted by molar-refractivity contribution is 8.03. The molecule has 0 unspecified atom stereocenters. The van der Waals surface area contributed by atoms with Crippen LogP contribution in [0.3, 0.4) is 0 Å². The van der Waals surface area contributed by atoms with Gasteiger partial charge in [-0.05, 0) is 128 Å². The number of H-pyrrole nitrogens is 1. The van der Waals surface area contributed by atoms with Crippen molar-refractivity contribution in [3.63, 3.8) is 0 Å². The van der Waals surface area contributed by atoms with Crippen LogP contribution < -0.4 is 36.9 Å². The number of nitrogens with one attached hydrogen (secondary N) is 1. The number of rotatable bonds is 11. The van der Waals surface area contributed by atoms with Gasteiger partial charge in [-0.15, -0.1) is 11.8 Å². The Hall–Kier alpha value is -7.56. The minimum absolute atomic E-state index is 0.0392. The molecule has 3 aromatic carbocycles. The molecule has 0 saturated carbocycles. The molecule has 9 rings (SSSR count). The molecular weight excluding hydrogens is 1110 g/mol. The molecule has 0 spiro atoms. The lowest BCUT2D eigenvalue weighted by Gasteiger charge is -2.33. The van der Waals surface area contributed by atoms with Gasteiger partial charge in [-0.25, -0.2) is 18.0 Å². The van der Waals surface area contributed by atoms with Gasteiger partial charge in [-0.1, -0.05) is 26.0 Å². The van der Waals surface area contributed by atoms with Gasteiger partial charge in [-0.2, -0.15) is 20.1 Å². The molecule has 0 atom stereocenters. The number of likely N-dealkylation sites (tertiary alicyclic amines) is 1. The number of ether oxygens (including phenoxy) is 3. The molecule has 24 heteroatoms. The van der Waals surface area contributed by atoms with Gasteiger partial charge < -0.3 is 59.0 Å². The fraction of sp³-hybridized carbons (Fsp3) is 0.508. The Kier molecular flexibility index (Phi) is 25.3. The third-order valence-electron chi connectivity index (χ3n) is 14.0. The number of hydrogen-bond acceptors (Lipinski definition) is 16. The first-order valence-corrected chi connectivity index (χ1v) is 29.4. The minimum atomic E-state index is -0.615. The van der Waals surface area contributed by atoms with Gasteiger partial charge in [0, 0.05) is 84.4 Å². The molecule has 4 aliphatic rings. The highest BCUT2D eigenvalue weighted by Gasteiger charge is 2.52. The second kappa shape index (κ2) is 31.5. The predicted octanol–water partition coefficient (Wildman–Crippen LogP) is 11.2. The number of aromatic amines is 1. The lowest BCUT2D eigenvalue weighted by atomic mass is 9.79. The number of carbonyl (C=O) groups excluding carboxylic acids is 1. The number of thioether (sulfide) groups is 1. The van der Waals surface area contributed by atoms with E-state index in [1.165, 1.54) is 30.3 Å². The van der Waals surface area contributed by atoms with Crippen molar-refractivity contribution in [1.82, 2.24) is 20.0 Å². The van der Waals surface area contributed by atoms with Crippen molar-refractivity contribution in [2.45, 2.75) is 130 Å². The van der Waals surface area contributed by atoms with Crippen LogP contribution in [-0.2, 0) is 25.2 Å². The maximum absolute atomic E-state index is 14.7. The molecule has 6 heterocycles. The molecule has 4 fully saturated rings. The number of nitrogens with zero attached hydrogens (tertiary/aromatic N) is 8. The lowest BCUT2D eigenvalue weighted by Crippen LogP contribution is -2.44. The quantitative estimate of drug-likeness (QED) is 0.0636. The maximum Gasteiger partial charge on any atom is 0.549 e. The van der Waals surface area contributed by atoms with E-state index in [2.05, 4.69) is 42.7 Å². The minimum Gasteiger partial charge on any atom is -0.487 e. The number of nitrogens with two attached hydrogens (primary N) is 2. The molecular formula is C61H81BF3N11O8S. The highest BCUT2D eigenvalue weighted by atomic mass is 32.2. The zero-order valence-electron chi connectivity index (χ0n) is 50.8. The summed E-state index contributed by atoms with van der Waals surface area (Å²) in [6, 6.07) is 17.3. The zero-order chi connectivity index (χ0) is 62.6. The van der Waals surface area contributed by atoms with Crippen molar-refractivity contribution in [3.8, 4) is 11.8 Å². The van der Waals surface area contributed by atoms with Crippen LogP contribution in [0.15, 0.2) is 80.7 Å². The van der Waals surface area contributed by atoms with Gasteiger partial charge in [-0.3, -0.25) is 9.89 Å². The number of nitrogen functional groups attached to an aromatic ring is 2. The first-order chi connectivity index (χ1) is 40.3. The summed E-state index contributed by atoms with van der Waals surface area (Å²) in [5.74, 6) is 1.77. The summed E-state index contributed by atoms with van der Waals surface area (Å²) in [5, 5.41) is 16.4. The molecule has 0 bridgehead atoms. The van der Waals surface area contributed by atoms with Crippen LogP contribution in [0.2, 0.25) is 0 Å². The first-order valence-electron chi connectivity index (χ1n) is 28.4. The van der Waals surface area contributed by atoms with Crippen molar-refractivity contribution < 1.29 is 45.9 Å². The van der Waals surface area contributed by atoms with E-state index < -0.39 is 35.6 Å². The average molecular weight is 1200 g/mol. The topological polar surface area (TPSA) is 220 Å². The van der Waals surface area contributed by atoms with E-state index in [0.717, 1.165) is 62.6 Å². The van der Waals surface area contributed by atoms with Crippen LogP contribution in [0, 0.1) is 41.9 Å². The number of hydrogen-bond donors (Lipinski definition) is 3. The Morgan fingerprint density at radius 2 is 1.54 bits per heavy atom. The van der Waals surface area contributed by atoms with Crippen molar-refractivity contribution in [2.75, 3.05) is 93.6 Å². The van der Waals surface area contributed by atoms with E-state index in [-0.39, 0.29) is 40.4 Å². The number of anilines is 4. The van der Waals surface area contributed by atoms with Crippen molar-refractivity contribution in [1.29, 1.82) is 5.26 Å². The van der Waals surface area contributed by atoms with E-state index in [9.17, 15) is 22.8 Å². The van der Waals surface area contributed by atoms with E-state index in [4.69, 9.17) is 57.8 Å². The van der Waals surface area contributed by atoms with Gasteiger partial charge in [0.25, 0.3) is 0 Å². The van der Waals surface area contributed by atoms with Crippen molar-refractivity contribution in [3.05, 3.63) is 133 Å². The zero-order valence-corrected chi connectivity index (χ0v) is 51.6. The molecule has 4 saturated heterocycles. The Balaban J connectivity index is 0.000000205. The Bertz CT molecular complexity index is 3210. The SMILES string of the molecule is CC(C)(C)OC(=O)N1CCC(Oc2ccc(B3OC(C)(C)C(C)(C)O3)cc2F)CC1.CCCc1cc(=O)c2c(F)cccc2o1.CN(C)c1ccc(N)cc1F.N#Cc1c(N2CCCC2)n[nH]c1N.[C-]#[N+]C([N+]#[C-])=C(SCCC)N1CCOCC1. The smallest absolute Gasteiger partial charge is 0.487 e. The monoisotopic (exact) mass is 1200 g/mol. The second-order valence-corrected chi connectivity index (χ2v) is 23.6. The van der Waals surface area contributed by atoms with E-state index >= 15 is 0 Å². The van der Waals surface area contributed by atoms with E-state index in [1.54, 1.807) is 66.0 Å². The number of benzene rings is 3. The third-order valence-corrected chi connectivity index (χ3v) is 15.3. The van der Waals surface area contributed by atoms with Gasteiger partial charge in [0.15, 0.2) is 27.8 Å². The van der Waals surface area contributed by atoms with Crippen LogP contribution in [0.4, 0.5) is 41.0 Å². The Morgan fingerprint density at radius 3 is 2.09 bits per heavy atom. The summed E-state index contributed by atoms with van der Waals surface area (Å²) < 4.78 is 74.9. The number of piperidine rings is 1. The summed E-state index contributed by atoms with van der Waals surface area (Å²) in [6.07, 6.45) is 5.73. The molecule has 1 amide bonds. The van der Waals surface area contributed by atoms with Gasteiger partial charge in [0.2, 0.25) is 0 Å². The van der Waals surface area contributed by atoms with Gasteiger partial charge in [0.1, 0.15) is 70.7 Å². The maximum atomic E-state index is 14.7. The molecule has 0 aliphatic carbocycles. The van der Waals surface area contributed by atoms with Crippen LogP contribution in [0.5, 0.6) is 5.75 Å². The first kappa shape index (κ1) is 68.2. The van der Waals surface area contributed by atoms with Crippen molar-refractivity contribution in [2.24, 2.45) is 0 Å². The molecule has 2 aromatic heterocycles. The number of amides is 1. The number of nitriles is 1. The largest absolute Gasteiger partial charge is 0.549 e. The second-order valence-electron chi connectivity index (χ2n) is 22.6. The summed E-state index contributed by atoms with van der Waals surface area (Å²) >= 11 is 1.61. The Morgan fingerprint density at radius 1 is 0.894 bits per heavy atom. The summed E-state index contributed by atoms with van der Waals surface area (Å²) in [5.41, 5.74) is 11.6. The number of fused-ring (bicyclic) bond motifs is 1. The molecule has 5 aromatic rings. The molecule has 19 nitrogen and oxygen atoms in total. The standard InChI is InChI=1S/C22H33BFNO5.C12H11FO2.C11H15N3OS.C8H11FN2.C8H11N5/c1-20(2,3)28-19(26)25-12-10-16(11-13-25)27-18-9-8-15(14-17(18)24)23-29-21(4,5)22(6,7)30-23;1-2-4-8-7-10(14)12-9(13)5-3-6-11(12)15-8;1-4-9-16-11(10(12-2)13-3)14-5-7-15-8-6-14;1-11(2)8-4-3-6(10)5-7(8)9;9-5-6-7(10)11-12-8(6)13-3-1-2-4-13/h8-9,14,16H,10-13H2,1-7H3;3,5-7H,2,4H2,1H3;4-9H2,1H3;3-5H,10H2,1-2H3;1-4H2,(H3,10,11,12).